The lowest BCUT2D eigenvalue weighted by Crippen LogP contribution is -2.30. The first kappa shape index (κ1) is 17.2. The molecule has 2 heterocycles. The van der Waals surface area contributed by atoms with Crippen LogP contribution >= 0.6 is 0 Å². The number of ether oxygens (including phenoxy) is 1. The number of anilines is 1. The highest BCUT2D eigenvalue weighted by Crippen LogP contribution is 2.29. The van der Waals surface area contributed by atoms with Gasteiger partial charge in [0, 0.05) is 25.9 Å². The molecule has 0 fully saturated rings. The Balaban J connectivity index is 1.67. The minimum atomic E-state index is -0.437. The van der Waals surface area contributed by atoms with Crippen LogP contribution in [0.3, 0.4) is 0 Å². The molecule has 0 amide bonds. The van der Waals surface area contributed by atoms with E-state index in [1.54, 1.807) is 7.11 Å². The van der Waals surface area contributed by atoms with Crippen LogP contribution in [0.15, 0.2) is 12.1 Å². The first-order chi connectivity index (χ1) is 10.7. The van der Waals surface area contributed by atoms with Gasteiger partial charge in [-0.05, 0) is 49.8 Å². The van der Waals surface area contributed by atoms with Crippen molar-refractivity contribution in [1.29, 1.82) is 0 Å². The molecule has 0 aromatic carbocycles. The normalized spacial score (nSPS) is 18.6. The van der Waals surface area contributed by atoms with Crippen LogP contribution in [0.25, 0.3) is 0 Å². The molecule has 0 radical (unpaired) electrons. The van der Waals surface area contributed by atoms with Gasteiger partial charge in [0.1, 0.15) is 12.5 Å². The average Bonchev–Trinajstić information content (AvgIpc) is 2.54. The molecule has 22 heavy (non-hydrogen) atoms. The van der Waals surface area contributed by atoms with Gasteiger partial charge in [0.2, 0.25) is 0 Å². The second-order valence-corrected chi connectivity index (χ2v) is 6.03. The molecule has 124 valence electrons. The lowest BCUT2D eigenvalue weighted by molar-refractivity contribution is 0.0791. The lowest BCUT2D eigenvalue weighted by Gasteiger charge is -2.23. The Morgan fingerprint density at radius 3 is 3.09 bits per heavy atom. The van der Waals surface area contributed by atoms with Crippen molar-refractivity contribution in [2.24, 2.45) is 0 Å². The van der Waals surface area contributed by atoms with E-state index in [9.17, 15) is 4.39 Å². The van der Waals surface area contributed by atoms with E-state index >= 15 is 0 Å². The quantitative estimate of drug-likeness (QED) is 0.689. The predicted molar refractivity (Wildman–Crippen MR) is 88.3 cm³/mol. The summed E-state index contributed by atoms with van der Waals surface area (Å²) in [7, 11) is 1.54. The zero-order valence-electron chi connectivity index (χ0n) is 13.7. The van der Waals surface area contributed by atoms with Crippen LogP contribution < -0.4 is 10.6 Å². The van der Waals surface area contributed by atoms with Gasteiger partial charge in [0.25, 0.3) is 0 Å². The van der Waals surface area contributed by atoms with E-state index in [2.05, 4.69) is 29.7 Å². The van der Waals surface area contributed by atoms with E-state index in [0.29, 0.717) is 12.5 Å². The molecule has 1 aromatic rings. The second kappa shape index (κ2) is 9.06. The van der Waals surface area contributed by atoms with Crippen LogP contribution in [0, 0.1) is 0 Å². The third-order valence-electron chi connectivity index (χ3n) is 4.30. The highest BCUT2D eigenvalue weighted by molar-refractivity contribution is 5.49. The Bertz CT molecular complexity index is 452. The van der Waals surface area contributed by atoms with Crippen LogP contribution in [0.1, 0.15) is 43.4 Å². The summed E-state index contributed by atoms with van der Waals surface area (Å²) in [6.45, 7) is 4.31. The maximum atomic E-state index is 12.4. The van der Waals surface area contributed by atoms with Crippen molar-refractivity contribution in [3.63, 3.8) is 0 Å². The van der Waals surface area contributed by atoms with Crippen molar-refractivity contribution in [2.45, 2.75) is 44.6 Å². The van der Waals surface area contributed by atoms with Crippen molar-refractivity contribution in [3.8, 4) is 0 Å². The first-order valence-corrected chi connectivity index (χ1v) is 8.27. The number of halogens is 1. The van der Waals surface area contributed by atoms with Crippen LogP contribution in [0.5, 0.6) is 0 Å². The van der Waals surface area contributed by atoms with Gasteiger partial charge in [-0.3, -0.25) is 0 Å². The molecular formula is C17H28FN3O. The third-order valence-corrected chi connectivity index (χ3v) is 4.30. The van der Waals surface area contributed by atoms with Crippen molar-refractivity contribution in [3.05, 3.63) is 23.4 Å². The number of nitrogens with zero attached hydrogens (tertiary/aromatic N) is 1. The van der Waals surface area contributed by atoms with Gasteiger partial charge in [-0.1, -0.05) is 13.0 Å². The number of hydrogen-bond donors (Lipinski definition) is 2. The van der Waals surface area contributed by atoms with Gasteiger partial charge in [0.15, 0.2) is 0 Å². The standard InChI is InChI=1S/C17H28FN3O/c1-13-8-10-20-17-16(13)7-6-14(21-17)5-3-4-9-19-12-15(11-18)22-2/h6-7,13,15,19H,3-5,8-12H2,1-2H3,(H,20,21). The molecule has 5 heteroatoms. The van der Waals surface area contributed by atoms with E-state index < -0.39 is 6.67 Å². The second-order valence-electron chi connectivity index (χ2n) is 6.03. The fraction of sp³-hybridized carbons (Fsp3) is 0.706. The van der Waals surface area contributed by atoms with Crippen molar-refractivity contribution < 1.29 is 9.13 Å². The van der Waals surface area contributed by atoms with Crippen LogP contribution in [0.2, 0.25) is 0 Å². The number of aromatic nitrogens is 1. The van der Waals surface area contributed by atoms with E-state index in [4.69, 9.17) is 9.72 Å². The molecule has 2 unspecified atom stereocenters. The molecule has 0 aliphatic carbocycles. The van der Waals surface area contributed by atoms with Crippen molar-refractivity contribution in [1.82, 2.24) is 10.3 Å². The zero-order chi connectivity index (χ0) is 15.8. The monoisotopic (exact) mass is 309 g/mol. The Kier molecular flexibility index (Phi) is 7.06. The molecule has 1 aliphatic heterocycles. The average molecular weight is 309 g/mol. The SMILES string of the molecule is COC(CF)CNCCCCc1ccc2c(n1)NCCC2C. The summed E-state index contributed by atoms with van der Waals surface area (Å²) in [5.74, 6) is 1.67. The zero-order valence-corrected chi connectivity index (χ0v) is 13.7. The molecule has 2 rings (SSSR count). The van der Waals surface area contributed by atoms with E-state index in [1.807, 2.05) is 0 Å². The number of aryl methyl sites for hydroxylation is 1. The molecule has 1 aliphatic rings. The Morgan fingerprint density at radius 2 is 2.32 bits per heavy atom. The van der Waals surface area contributed by atoms with Crippen LogP contribution in [-0.4, -0.2) is 44.5 Å². The van der Waals surface area contributed by atoms with Crippen molar-refractivity contribution >= 4 is 5.82 Å². The number of nitrogens with one attached hydrogen (secondary N) is 2. The van der Waals surface area contributed by atoms with Gasteiger partial charge in [-0.15, -0.1) is 0 Å². The van der Waals surface area contributed by atoms with E-state index in [0.717, 1.165) is 43.9 Å². The Labute approximate surface area is 132 Å². The minimum Gasteiger partial charge on any atom is -0.377 e. The highest BCUT2D eigenvalue weighted by atomic mass is 19.1. The Hall–Kier alpha value is -1.20. The van der Waals surface area contributed by atoms with Gasteiger partial charge in [-0.25, -0.2) is 9.37 Å². The molecule has 1 aromatic heterocycles. The van der Waals surface area contributed by atoms with Crippen LogP contribution in [0.4, 0.5) is 10.2 Å². The number of unbranched alkanes of at least 4 members (excludes halogenated alkanes) is 1. The van der Waals surface area contributed by atoms with Crippen LogP contribution in [-0.2, 0) is 11.2 Å². The third kappa shape index (κ3) is 4.92. The number of pyridine rings is 1. The van der Waals surface area contributed by atoms with Gasteiger partial charge >= 0.3 is 0 Å². The number of hydrogen-bond acceptors (Lipinski definition) is 4. The van der Waals surface area contributed by atoms with E-state index in [1.165, 1.54) is 12.0 Å². The minimum absolute atomic E-state index is 0.324. The molecule has 2 N–H and O–H groups in total. The van der Waals surface area contributed by atoms with E-state index in [-0.39, 0.29) is 6.10 Å². The predicted octanol–water partition coefficient (Wildman–Crippen LogP) is 2.90. The fourth-order valence-corrected chi connectivity index (χ4v) is 2.77. The Morgan fingerprint density at radius 1 is 1.45 bits per heavy atom. The summed E-state index contributed by atoms with van der Waals surface area (Å²) in [5, 5.41) is 6.63. The maximum Gasteiger partial charge on any atom is 0.129 e. The smallest absolute Gasteiger partial charge is 0.129 e. The highest BCUT2D eigenvalue weighted by Gasteiger charge is 2.17. The topological polar surface area (TPSA) is 46.2 Å². The summed E-state index contributed by atoms with van der Waals surface area (Å²) >= 11 is 0. The molecule has 0 saturated heterocycles. The summed E-state index contributed by atoms with van der Waals surface area (Å²) in [6.07, 6.45) is 3.99. The number of alkyl halides is 1. The number of methoxy groups -OCH3 is 1. The number of fused-ring (bicyclic) bond motifs is 1. The lowest BCUT2D eigenvalue weighted by atomic mass is 9.95. The van der Waals surface area contributed by atoms with Gasteiger partial charge in [-0.2, -0.15) is 0 Å². The number of rotatable bonds is 9. The largest absolute Gasteiger partial charge is 0.377 e. The molecule has 0 saturated carbocycles. The molecular weight excluding hydrogens is 281 g/mol. The van der Waals surface area contributed by atoms with Crippen molar-refractivity contribution in [2.75, 3.05) is 38.7 Å². The molecule has 4 nitrogen and oxygen atoms in total. The maximum absolute atomic E-state index is 12.4. The molecule has 0 spiro atoms. The molecule has 2 atom stereocenters. The summed E-state index contributed by atoms with van der Waals surface area (Å²) in [6, 6.07) is 4.37. The first-order valence-electron chi connectivity index (χ1n) is 8.27. The fourth-order valence-electron chi connectivity index (χ4n) is 2.77. The summed E-state index contributed by atoms with van der Waals surface area (Å²) < 4.78 is 17.4. The van der Waals surface area contributed by atoms with Gasteiger partial charge < -0.3 is 15.4 Å². The summed E-state index contributed by atoms with van der Waals surface area (Å²) in [4.78, 5) is 4.74. The summed E-state index contributed by atoms with van der Waals surface area (Å²) in [5.41, 5.74) is 2.49. The van der Waals surface area contributed by atoms with Gasteiger partial charge in [0.05, 0.1) is 6.10 Å². The molecule has 0 bridgehead atoms.